The number of likely N-dealkylation sites (tertiary alicyclic amines) is 1. The first-order valence-electron chi connectivity index (χ1n) is 6.47. The van der Waals surface area contributed by atoms with E-state index in [1.165, 1.54) is 0 Å². The molecule has 2 N–H and O–H groups in total. The normalized spacial score (nSPS) is 17.2. The van der Waals surface area contributed by atoms with Gasteiger partial charge in [0.2, 0.25) is 11.1 Å². The monoisotopic (exact) mass is 323 g/mol. The predicted molar refractivity (Wildman–Crippen MR) is 70.9 cm³/mol. The lowest BCUT2D eigenvalue weighted by Gasteiger charge is -2.30. The van der Waals surface area contributed by atoms with Crippen LogP contribution >= 0.6 is 11.8 Å². The minimum absolute atomic E-state index is 0.00156. The molecule has 0 unspecified atom stereocenters. The largest absolute Gasteiger partial charge is 0.453 e. The molecule has 1 fully saturated rings. The number of thioether (sulfide) groups is 1. The fraction of sp³-hybridized carbons (Fsp3) is 0.727. The number of carbonyl (C=O) groups is 1. The second-order valence-electron chi connectivity index (χ2n) is 5.03. The molecule has 2 rings (SSSR count). The maximum atomic E-state index is 12.5. The van der Waals surface area contributed by atoms with Gasteiger partial charge in [-0.05, 0) is 18.8 Å². The van der Waals surface area contributed by atoms with E-state index in [1.807, 2.05) is 0 Å². The number of nitrogen functional groups attached to an aromatic ring is 1. The topological polar surface area (TPSA) is 77.0 Å². The summed E-state index contributed by atoms with van der Waals surface area (Å²) < 4.78 is 37.9. The molecular formula is C11H16F3N5OS. The van der Waals surface area contributed by atoms with Crippen LogP contribution in [0.5, 0.6) is 0 Å². The zero-order valence-electron chi connectivity index (χ0n) is 11.4. The number of hydrogen-bond acceptors (Lipinski definition) is 5. The fourth-order valence-electron chi connectivity index (χ4n) is 2.04. The average Bonchev–Trinajstić information content (AvgIpc) is 2.78. The van der Waals surface area contributed by atoms with E-state index in [9.17, 15) is 18.0 Å². The van der Waals surface area contributed by atoms with Crippen molar-refractivity contribution in [3.63, 3.8) is 0 Å². The number of amides is 1. The van der Waals surface area contributed by atoms with Gasteiger partial charge in [-0.1, -0.05) is 18.7 Å². The van der Waals surface area contributed by atoms with E-state index < -0.39 is 12.0 Å². The highest BCUT2D eigenvalue weighted by Crippen LogP contribution is 2.29. The van der Waals surface area contributed by atoms with Crippen molar-refractivity contribution in [2.45, 2.75) is 31.1 Å². The molecular weight excluding hydrogens is 307 g/mol. The highest BCUT2D eigenvalue weighted by atomic mass is 32.2. The number of alkyl halides is 3. The second-order valence-corrected chi connectivity index (χ2v) is 5.97. The number of aromatic nitrogens is 3. The molecule has 1 aromatic rings. The van der Waals surface area contributed by atoms with Crippen LogP contribution in [-0.4, -0.2) is 44.5 Å². The van der Waals surface area contributed by atoms with Gasteiger partial charge in [-0.15, -0.1) is 10.2 Å². The van der Waals surface area contributed by atoms with Crippen molar-refractivity contribution >= 4 is 17.7 Å². The van der Waals surface area contributed by atoms with E-state index in [0.29, 0.717) is 23.7 Å². The first kappa shape index (κ1) is 15.9. The van der Waals surface area contributed by atoms with Crippen LogP contribution in [0.3, 0.4) is 0 Å². The zero-order chi connectivity index (χ0) is 15.6. The molecule has 0 aromatic carbocycles. The number of rotatable bonds is 3. The first-order valence-corrected chi connectivity index (χ1v) is 7.46. The SMILES string of the molecule is CC1CCN(C(=O)CSc2nnc(C(F)(F)F)n2N)CC1. The third-order valence-corrected chi connectivity index (χ3v) is 4.31. The highest BCUT2D eigenvalue weighted by Gasteiger charge is 2.38. The van der Waals surface area contributed by atoms with Crippen LogP contribution in [0.1, 0.15) is 25.6 Å². The molecule has 0 atom stereocenters. The van der Waals surface area contributed by atoms with Gasteiger partial charge < -0.3 is 10.7 Å². The van der Waals surface area contributed by atoms with Crippen molar-refractivity contribution in [3.8, 4) is 0 Å². The Balaban J connectivity index is 1.91. The third kappa shape index (κ3) is 3.80. The van der Waals surface area contributed by atoms with E-state index in [2.05, 4.69) is 17.1 Å². The van der Waals surface area contributed by atoms with Crippen LogP contribution in [0.25, 0.3) is 0 Å². The zero-order valence-corrected chi connectivity index (χ0v) is 12.2. The molecule has 1 aliphatic rings. The fourth-order valence-corrected chi connectivity index (χ4v) is 2.80. The van der Waals surface area contributed by atoms with Crippen molar-refractivity contribution in [1.29, 1.82) is 0 Å². The molecule has 118 valence electrons. The van der Waals surface area contributed by atoms with Gasteiger partial charge in [-0.2, -0.15) is 13.2 Å². The average molecular weight is 323 g/mol. The molecule has 0 saturated carbocycles. The summed E-state index contributed by atoms with van der Waals surface area (Å²) in [6, 6.07) is 0. The maximum Gasteiger partial charge on any atom is 0.453 e. The van der Waals surface area contributed by atoms with Gasteiger partial charge in [0, 0.05) is 13.1 Å². The molecule has 10 heteroatoms. The molecule has 21 heavy (non-hydrogen) atoms. The van der Waals surface area contributed by atoms with Gasteiger partial charge in [0.15, 0.2) is 0 Å². The van der Waals surface area contributed by atoms with Crippen molar-refractivity contribution < 1.29 is 18.0 Å². The van der Waals surface area contributed by atoms with Crippen molar-refractivity contribution in [2.24, 2.45) is 5.92 Å². The molecule has 1 aromatic heterocycles. The van der Waals surface area contributed by atoms with Crippen molar-refractivity contribution in [1.82, 2.24) is 19.8 Å². The Kier molecular flexibility index (Phi) is 4.64. The van der Waals surface area contributed by atoms with E-state index >= 15 is 0 Å². The summed E-state index contributed by atoms with van der Waals surface area (Å²) in [7, 11) is 0. The number of nitrogens with two attached hydrogens (primary N) is 1. The number of hydrogen-bond donors (Lipinski definition) is 1. The lowest BCUT2D eigenvalue weighted by molar-refractivity contribution is -0.146. The smallest absolute Gasteiger partial charge is 0.342 e. The lowest BCUT2D eigenvalue weighted by atomic mass is 9.99. The van der Waals surface area contributed by atoms with Crippen LogP contribution < -0.4 is 5.84 Å². The molecule has 0 aliphatic carbocycles. The van der Waals surface area contributed by atoms with E-state index in [0.717, 1.165) is 24.6 Å². The summed E-state index contributed by atoms with van der Waals surface area (Å²) in [6.07, 6.45) is -2.77. The minimum Gasteiger partial charge on any atom is -0.342 e. The van der Waals surface area contributed by atoms with Crippen LogP contribution in [0, 0.1) is 5.92 Å². The Morgan fingerprint density at radius 3 is 2.52 bits per heavy atom. The van der Waals surface area contributed by atoms with Gasteiger partial charge >= 0.3 is 6.18 Å². The number of piperidine rings is 1. The van der Waals surface area contributed by atoms with Crippen molar-refractivity contribution in [3.05, 3.63) is 5.82 Å². The Labute approximate surface area is 123 Å². The predicted octanol–water partition coefficient (Wildman–Crippen LogP) is 1.36. The quantitative estimate of drug-likeness (QED) is 0.671. The van der Waals surface area contributed by atoms with Crippen molar-refractivity contribution in [2.75, 3.05) is 24.7 Å². The van der Waals surface area contributed by atoms with Gasteiger partial charge in [0.1, 0.15) is 0 Å². The summed E-state index contributed by atoms with van der Waals surface area (Å²) in [5, 5.41) is 6.25. The highest BCUT2D eigenvalue weighted by molar-refractivity contribution is 7.99. The van der Waals surface area contributed by atoms with Crippen LogP contribution in [-0.2, 0) is 11.0 Å². The van der Waals surface area contributed by atoms with Gasteiger partial charge in [-0.25, -0.2) is 4.68 Å². The van der Waals surface area contributed by atoms with Crippen LogP contribution in [0.2, 0.25) is 0 Å². The van der Waals surface area contributed by atoms with Gasteiger partial charge in [-0.3, -0.25) is 4.79 Å². The molecule has 1 amide bonds. The molecule has 0 bridgehead atoms. The standard InChI is InChI=1S/C11H16F3N5OS/c1-7-2-4-18(5-3-7)8(20)6-21-10-17-16-9(19(10)15)11(12,13)14/h7H,2-6,15H2,1H3. The maximum absolute atomic E-state index is 12.5. The van der Waals surface area contributed by atoms with E-state index in [1.54, 1.807) is 4.90 Å². The van der Waals surface area contributed by atoms with Gasteiger partial charge in [0.25, 0.3) is 5.82 Å². The summed E-state index contributed by atoms with van der Waals surface area (Å²) >= 11 is 0.860. The molecule has 6 nitrogen and oxygen atoms in total. The number of halogens is 3. The first-order chi connectivity index (χ1) is 9.79. The third-order valence-electron chi connectivity index (χ3n) is 3.38. The summed E-state index contributed by atoms with van der Waals surface area (Å²) in [5.41, 5.74) is 0. The molecule has 2 heterocycles. The lowest BCUT2D eigenvalue weighted by Crippen LogP contribution is -2.39. The minimum atomic E-state index is -4.66. The molecule has 0 spiro atoms. The van der Waals surface area contributed by atoms with E-state index in [-0.39, 0.29) is 16.8 Å². The summed E-state index contributed by atoms with van der Waals surface area (Å²) in [5.74, 6) is 4.50. The van der Waals surface area contributed by atoms with Crippen LogP contribution in [0.15, 0.2) is 5.16 Å². The Hall–Kier alpha value is -1.45. The number of nitrogens with zero attached hydrogens (tertiary/aromatic N) is 4. The number of carbonyl (C=O) groups excluding carboxylic acids is 1. The summed E-state index contributed by atoms with van der Waals surface area (Å²) in [4.78, 5) is 13.7. The van der Waals surface area contributed by atoms with Crippen LogP contribution in [0.4, 0.5) is 13.2 Å². The van der Waals surface area contributed by atoms with E-state index in [4.69, 9.17) is 5.84 Å². The Morgan fingerprint density at radius 1 is 1.38 bits per heavy atom. The Morgan fingerprint density at radius 2 is 2.00 bits per heavy atom. The molecule has 1 saturated heterocycles. The summed E-state index contributed by atoms with van der Waals surface area (Å²) in [6.45, 7) is 3.50. The molecule has 1 aliphatic heterocycles. The Bertz CT molecular complexity index is 510. The second kappa shape index (κ2) is 6.12. The van der Waals surface area contributed by atoms with Gasteiger partial charge in [0.05, 0.1) is 5.75 Å². The molecule has 0 radical (unpaired) electrons.